The van der Waals surface area contributed by atoms with Crippen LogP contribution >= 0.6 is 0 Å². The summed E-state index contributed by atoms with van der Waals surface area (Å²) in [5.41, 5.74) is 5.81. The van der Waals surface area contributed by atoms with Crippen molar-refractivity contribution in [2.45, 2.75) is 70.6 Å². The molecule has 31 heavy (non-hydrogen) atoms. The van der Waals surface area contributed by atoms with E-state index in [1.54, 1.807) is 0 Å². The van der Waals surface area contributed by atoms with E-state index in [0.717, 1.165) is 29.7 Å². The Kier molecular flexibility index (Phi) is 6.63. The molecule has 0 amide bonds. The zero-order valence-electron chi connectivity index (χ0n) is 18.6. The fourth-order valence-electron chi connectivity index (χ4n) is 4.75. The zero-order valence-corrected chi connectivity index (χ0v) is 18.6. The molecule has 2 N–H and O–H groups in total. The highest BCUT2D eigenvalue weighted by atomic mass is 16.5. The molecule has 2 aliphatic rings. The van der Waals surface area contributed by atoms with Crippen molar-refractivity contribution in [2.75, 3.05) is 18.5 Å². The number of carboxylic acid groups (broad SMARTS) is 1. The molecule has 1 saturated heterocycles. The quantitative estimate of drug-likeness (QED) is 0.618. The van der Waals surface area contributed by atoms with Crippen molar-refractivity contribution in [3.8, 4) is 11.1 Å². The average Bonchev–Trinajstić information content (AvgIpc) is 3.29. The van der Waals surface area contributed by atoms with E-state index in [9.17, 15) is 9.90 Å². The first-order valence-electron chi connectivity index (χ1n) is 11.4. The van der Waals surface area contributed by atoms with Crippen LogP contribution in [0, 0.1) is 13.8 Å². The maximum atomic E-state index is 12.1. The minimum Gasteiger partial charge on any atom is -0.480 e. The monoisotopic (exact) mass is 423 g/mol. The number of anilines is 1. The lowest BCUT2D eigenvalue weighted by molar-refractivity contribution is -0.145. The van der Waals surface area contributed by atoms with Gasteiger partial charge in [-0.2, -0.15) is 0 Å². The van der Waals surface area contributed by atoms with Gasteiger partial charge in [0.1, 0.15) is 5.54 Å². The third-order valence-electron chi connectivity index (χ3n) is 6.92. The molecule has 2 fully saturated rings. The molecule has 0 aromatic heterocycles. The van der Waals surface area contributed by atoms with E-state index in [1.807, 2.05) is 6.07 Å². The van der Waals surface area contributed by atoms with Crippen LogP contribution in [-0.2, 0) is 20.9 Å². The van der Waals surface area contributed by atoms with Crippen LogP contribution in [0.3, 0.4) is 0 Å². The summed E-state index contributed by atoms with van der Waals surface area (Å²) in [5.74, 6) is -0.821. The summed E-state index contributed by atoms with van der Waals surface area (Å²) in [4.78, 5) is 12.1. The third kappa shape index (κ3) is 4.78. The van der Waals surface area contributed by atoms with Gasteiger partial charge in [-0.25, -0.2) is 4.79 Å². The SMILES string of the molecule is Cc1cccc(-c2ccc(NC3(C(=O)O)CCOCC3)cc2COC2CCCC2)c1C. The normalized spacial score (nSPS) is 18.8. The fourth-order valence-corrected chi connectivity index (χ4v) is 4.75. The van der Waals surface area contributed by atoms with Crippen LogP contribution in [0.1, 0.15) is 55.2 Å². The van der Waals surface area contributed by atoms with Gasteiger partial charge in [0, 0.05) is 31.7 Å². The number of nitrogens with one attached hydrogen (secondary N) is 1. The summed E-state index contributed by atoms with van der Waals surface area (Å²) in [6.45, 7) is 5.73. The first-order chi connectivity index (χ1) is 15.0. The molecule has 0 spiro atoms. The van der Waals surface area contributed by atoms with Gasteiger partial charge in [0.05, 0.1) is 12.7 Å². The van der Waals surface area contributed by atoms with E-state index < -0.39 is 11.5 Å². The molecule has 0 atom stereocenters. The van der Waals surface area contributed by atoms with Crippen LogP contribution in [0.4, 0.5) is 5.69 Å². The van der Waals surface area contributed by atoms with Crippen LogP contribution in [-0.4, -0.2) is 35.9 Å². The molecule has 5 heteroatoms. The summed E-state index contributed by atoms with van der Waals surface area (Å²) in [6, 6.07) is 12.5. The molecule has 2 aromatic carbocycles. The number of hydrogen-bond donors (Lipinski definition) is 2. The first-order valence-corrected chi connectivity index (χ1v) is 11.4. The van der Waals surface area contributed by atoms with Crippen LogP contribution in [0.25, 0.3) is 11.1 Å². The average molecular weight is 424 g/mol. The molecule has 1 saturated carbocycles. The van der Waals surface area contributed by atoms with Crippen LogP contribution in [0.5, 0.6) is 0 Å². The third-order valence-corrected chi connectivity index (χ3v) is 6.92. The number of hydrogen-bond acceptors (Lipinski definition) is 4. The van der Waals surface area contributed by atoms with E-state index >= 15 is 0 Å². The van der Waals surface area contributed by atoms with Crippen LogP contribution in [0.2, 0.25) is 0 Å². The Morgan fingerprint density at radius 2 is 1.87 bits per heavy atom. The van der Waals surface area contributed by atoms with Crippen LogP contribution < -0.4 is 5.32 Å². The second-order valence-electron chi connectivity index (χ2n) is 8.96. The lowest BCUT2D eigenvalue weighted by atomic mass is 9.89. The van der Waals surface area contributed by atoms with Gasteiger partial charge in [0.15, 0.2) is 0 Å². The maximum Gasteiger partial charge on any atom is 0.329 e. The second-order valence-corrected chi connectivity index (χ2v) is 8.96. The Labute approximate surface area is 184 Å². The molecule has 4 rings (SSSR count). The number of carboxylic acids is 1. The predicted molar refractivity (Wildman–Crippen MR) is 122 cm³/mol. The summed E-state index contributed by atoms with van der Waals surface area (Å²) in [5, 5.41) is 13.3. The summed E-state index contributed by atoms with van der Waals surface area (Å²) in [7, 11) is 0. The smallest absolute Gasteiger partial charge is 0.329 e. The minimum atomic E-state index is -0.984. The van der Waals surface area contributed by atoms with E-state index in [0.29, 0.717) is 38.8 Å². The maximum absolute atomic E-state index is 12.1. The number of ether oxygens (including phenoxy) is 2. The molecular weight excluding hydrogens is 390 g/mol. The van der Waals surface area contributed by atoms with Gasteiger partial charge in [-0.1, -0.05) is 37.1 Å². The van der Waals surface area contributed by atoms with Gasteiger partial charge in [-0.05, 0) is 66.6 Å². The van der Waals surface area contributed by atoms with E-state index in [2.05, 4.69) is 49.5 Å². The molecule has 1 aliphatic carbocycles. The summed E-state index contributed by atoms with van der Waals surface area (Å²) < 4.78 is 11.7. The number of rotatable bonds is 7. The van der Waals surface area contributed by atoms with Crippen LogP contribution in [0.15, 0.2) is 36.4 Å². The number of benzene rings is 2. The largest absolute Gasteiger partial charge is 0.480 e. The predicted octanol–water partition coefficient (Wildman–Crippen LogP) is 5.48. The number of aryl methyl sites for hydroxylation is 1. The molecular formula is C26H33NO4. The number of carbonyl (C=O) groups is 1. The van der Waals surface area contributed by atoms with Gasteiger partial charge in [0.2, 0.25) is 0 Å². The summed E-state index contributed by atoms with van der Waals surface area (Å²) >= 11 is 0. The van der Waals surface area contributed by atoms with Crippen molar-refractivity contribution in [3.63, 3.8) is 0 Å². The first kappa shape index (κ1) is 21.8. The molecule has 1 aliphatic heterocycles. The lowest BCUT2D eigenvalue weighted by Crippen LogP contribution is -2.50. The van der Waals surface area contributed by atoms with Gasteiger partial charge >= 0.3 is 5.97 Å². The van der Waals surface area contributed by atoms with Crippen molar-refractivity contribution in [1.82, 2.24) is 0 Å². The van der Waals surface area contributed by atoms with Crippen molar-refractivity contribution >= 4 is 11.7 Å². The van der Waals surface area contributed by atoms with Crippen molar-refractivity contribution in [2.24, 2.45) is 0 Å². The Hall–Kier alpha value is -2.37. The van der Waals surface area contributed by atoms with E-state index in [-0.39, 0.29) is 0 Å². The molecule has 0 unspecified atom stereocenters. The van der Waals surface area contributed by atoms with Crippen molar-refractivity contribution in [3.05, 3.63) is 53.1 Å². The van der Waals surface area contributed by atoms with E-state index in [4.69, 9.17) is 9.47 Å². The number of aliphatic carboxylic acids is 1. The lowest BCUT2D eigenvalue weighted by Gasteiger charge is -2.35. The van der Waals surface area contributed by atoms with Gasteiger partial charge in [-0.3, -0.25) is 0 Å². The Morgan fingerprint density at radius 1 is 1.13 bits per heavy atom. The minimum absolute atomic E-state index is 0.323. The van der Waals surface area contributed by atoms with E-state index in [1.165, 1.54) is 29.5 Å². The molecule has 0 radical (unpaired) electrons. The molecule has 2 aromatic rings. The highest BCUT2D eigenvalue weighted by Crippen LogP contribution is 2.34. The van der Waals surface area contributed by atoms with Gasteiger partial charge in [0.25, 0.3) is 0 Å². The van der Waals surface area contributed by atoms with Crippen molar-refractivity contribution in [1.29, 1.82) is 0 Å². The van der Waals surface area contributed by atoms with Gasteiger partial charge < -0.3 is 19.9 Å². The second kappa shape index (κ2) is 9.41. The Balaban J connectivity index is 1.67. The fraction of sp³-hybridized carbons (Fsp3) is 0.500. The Bertz CT molecular complexity index is 927. The highest BCUT2D eigenvalue weighted by Gasteiger charge is 2.40. The highest BCUT2D eigenvalue weighted by molar-refractivity contribution is 5.83. The molecule has 0 bridgehead atoms. The summed E-state index contributed by atoms with van der Waals surface area (Å²) in [6.07, 6.45) is 5.95. The molecule has 1 heterocycles. The topological polar surface area (TPSA) is 67.8 Å². The van der Waals surface area contributed by atoms with Gasteiger partial charge in [-0.15, -0.1) is 0 Å². The zero-order chi connectivity index (χ0) is 21.8. The van der Waals surface area contributed by atoms with Crippen molar-refractivity contribution < 1.29 is 19.4 Å². The standard InChI is InChI=1S/C26H33NO4/c1-18-6-5-9-23(19(18)2)24-11-10-21(16-20(24)17-31-22-7-3-4-8-22)27-26(25(28)29)12-14-30-15-13-26/h5-6,9-11,16,22,27H,3-4,7-8,12-15,17H2,1-2H3,(H,28,29). The molecule has 166 valence electrons. The molecule has 5 nitrogen and oxygen atoms in total. The Morgan fingerprint density at radius 3 is 2.58 bits per heavy atom.